The van der Waals surface area contributed by atoms with Gasteiger partial charge in [-0.2, -0.15) is 0 Å². The molecule has 3 heteroatoms. The first kappa shape index (κ1) is 13.1. The molecule has 2 aliphatic rings. The maximum Gasteiger partial charge on any atom is 0.108 e. The van der Waals surface area contributed by atoms with Crippen LogP contribution in [0.25, 0.3) is 0 Å². The molecule has 0 bridgehead atoms. The SMILES string of the molecule is CN1[C@H](c2ccccc2)C[C@]2(O)[C@H](O)CCCC[C@@H]12. The molecule has 0 unspecified atom stereocenters. The highest BCUT2D eigenvalue weighted by Crippen LogP contribution is 2.47. The van der Waals surface area contributed by atoms with E-state index < -0.39 is 11.7 Å². The molecule has 0 aromatic heterocycles. The minimum absolute atomic E-state index is 0.0789. The Bertz CT molecular complexity index is 436. The molecular weight excluding hydrogens is 238 g/mol. The monoisotopic (exact) mass is 261 g/mol. The predicted octanol–water partition coefficient (Wildman–Crippen LogP) is 2.10. The Morgan fingerprint density at radius 1 is 1.16 bits per heavy atom. The Kier molecular flexibility index (Phi) is 3.37. The van der Waals surface area contributed by atoms with Crippen molar-refractivity contribution in [3.05, 3.63) is 35.9 Å². The Morgan fingerprint density at radius 2 is 1.84 bits per heavy atom. The first-order valence-corrected chi connectivity index (χ1v) is 7.30. The van der Waals surface area contributed by atoms with Crippen LogP contribution in [-0.2, 0) is 0 Å². The summed E-state index contributed by atoms with van der Waals surface area (Å²) in [6, 6.07) is 10.6. The number of nitrogens with zero attached hydrogens (tertiary/aromatic N) is 1. The molecule has 4 atom stereocenters. The highest BCUT2D eigenvalue weighted by atomic mass is 16.3. The van der Waals surface area contributed by atoms with Crippen molar-refractivity contribution in [1.29, 1.82) is 0 Å². The van der Waals surface area contributed by atoms with E-state index in [1.165, 1.54) is 5.56 Å². The van der Waals surface area contributed by atoms with Gasteiger partial charge in [-0.15, -0.1) is 0 Å². The van der Waals surface area contributed by atoms with Gasteiger partial charge in [0.2, 0.25) is 0 Å². The van der Waals surface area contributed by atoms with E-state index in [1.54, 1.807) is 0 Å². The molecule has 1 aliphatic carbocycles. The number of likely N-dealkylation sites (N-methyl/N-ethyl adjacent to an activating group) is 1. The van der Waals surface area contributed by atoms with Crippen LogP contribution in [0.3, 0.4) is 0 Å². The van der Waals surface area contributed by atoms with E-state index in [4.69, 9.17) is 0 Å². The summed E-state index contributed by atoms with van der Waals surface area (Å²) >= 11 is 0. The molecule has 1 aromatic carbocycles. The van der Waals surface area contributed by atoms with Crippen molar-refractivity contribution >= 4 is 0 Å². The van der Waals surface area contributed by atoms with Crippen LogP contribution in [0.4, 0.5) is 0 Å². The van der Waals surface area contributed by atoms with Crippen molar-refractivity contribution < 1.29 is 10.2 Å². The first-order chi connectivity index (χ1) is 9.13. The lowest BCUT2D eigenvalue weighted by molar-refractivity contribution is -0.0899. The molecule has 0 spiro atoms. The second-order valence-electron chi connectivity index (χ2n) is 6.10. The van der Waals surface area contributed by atoms with E-state index in [0.29, 0.717) is 6.42 Å². The third kappa shape index (κ3) is 2.10. The third-order valence-corrected chi connectivity index (χ3v) is 5.05. The second-order valence-corrected chi connectivity index (χ2v) is 6.10. The summed E-state index contributed by atoms with van der Waals surface area (Å²) < 4.78 is 0. The summed E-state index contributed by atoms with van der Waals surface area (Å²) in [4.78, 5) is 2.27. The van der Waals surface area contributed by atoms with Crippen molar-refractivity contribution in [3.63, 3.8) is 0 Å². The third-order valence-electron chi connectivity index (χ3n) is 5.05. The zero-order valence-electron chi connectivity index (χ0n) is 11.5. The average molecular weight is 261 g/mol. The van der Waals surface area contributed by atoms with Gasteiger partial charge in [-0.05, 0) is 31.9 Å². The van der Waals surface area contributed by atoms with Gasteiger partial charge in [-0.3, -0.25) is 4.90 Å². The molecule has 19 heavy (non-hydrogen) atoms. The maximum atomic E-state index is 11.0. The summed E-state index contributed by atoms with van der Waals surface area (Å²) in [6.45, 7) is 0. The lowest BCUT2D eigenvalue weighted by Crippen LogP contribution is -2.50. The molecule has 2 N–H and O–H groups in total. The summed E-state index contributed by atoms with van der Waals surface area (Å²) in [5.41, 5.74) is 0.296. The second kappa shape index (κ2) is 4.89. The van der Waals surface area contributed by atoms with Crippen LogP contribution in [0.5, 0.6) is 0 Å². The molecule has 1 heterocycles. The molecule has 1 saturated carbocycles. The van der Waals surface area contributed by atoms with Crippen LogP contribution < -0.4 is 0 Å². The number of aliphatic hydroxyl groups excluding tert-OH is 1. The molecule has 1 aromatic rings. The topological polar surface area (TPSA) is 43.7 Å². The van der Waals surface area contributed by atoms with Crippen LogP contribution in [0.1, 0.15) is 43.7 Å². The molecule has 0 radical (unpaired) electrons. The van der Waals surface area contributed by atoms with Crippen LogP contribution in [-0.4, -0.2) is 39.9 Å². The van der Waals surface area contributed by atoms with Crippen LogP contribution in [0, 0.1) is 0 Å². The van der Waals surface area contributed by atoms with Crippen molar-refractivity contribution in [2.24, 2.45) is 0 Å². The van der Waals surface area contributed by atoms with Gasteiger partial charge < -0.3 is 10.2 Å². The van der Waals surface area contributed by atoms with Crippen LogP contribution in [0.15, 0.2) is 30.3 Å². The average Bonchev–Trinajstić information content (AvgIpc) is 2.59. The van der Waals surface area contributed by atoms with Gasteiger partial charge in [0.15, 0.2) is 0 Å². The summed E-state index contributed by atoms with van der Waals surface area (Å²) in [6.07, 6.45) is 3.87. The Hall–Kier alpha value is -0.900. The quantitative estimate of drug-likeness (QED) is 0.813. The fourth-order valence-electron chi connectivity index (χ4n) is 3.92. The zero-order valence-corrected chi connectivity index (χ0v) is 11.5. The van der Waals surface area contributed by atoms with E-state index in [-0.39, 0.29) is 12.1 Å². The maximum absolute atomic E-state index is 11.0. The molecular formula is C16H23NO2. The largest absolute Gasteiger partial charge is 0.390 e. The predicted molar refractivity (Wildman–Crippen MR) is 74.8 cm³/mol. The van der Waals surface area contributed by atoms with Crippen LogP contribution in [0.2, 0.25) is 0 Å². The van der Waals surface area contributed by atoms with E-state index in [1.807, 2.05) is 18.2 Å². The summed E-state index contributed by atoms with van der Waals surface area (Å²) in [5, 5.41) is 21.3. The van der Waals surface area contributed by atoms with Gasteiger partial charge in [0.25, 0.3) is 0 Å². The lowest BCUT2D eigenvalue weighted by atomic mass is 9.85. The van der Waals surface area contributed by atoms with Gasteiger partial charge in [0.05, 0.1) is 6.10 Å². The molecule has 3 nitrogen and oxygen atoms in total. The van der Waals surface area contributed by atoms with Gasteiger partial charge in [-0.25, -0.2) is 0 Å². The number of aliphatic hydroxyl groups is 2. The van der Waals surface area contributed by atoms with Crippen molar-refractivity contribution in [2.75, 3.05) is 7.05 Å². The Morgan fingerprint density at radius 3 is 2.58 bits per heavy atom. The fraction of sp³-hybridized carbons (Fsp3) is 0.625. The molecule has 104 valence electrons. The first-order valence-electron chi connectivity index (χ1n) is 7.30. The summed E-state index contributed by atoms with van der Waals surface area (Å²) in [7, 11) is 2.08. The molecule has 3 rings (SSSR count). The van der Waals surface area contributed by atoms with E-state index in [2.05, 4.69) is 24.1 Å². The van der Waals surface area contributed by atoms with E-state index in [9.17, 15) is 10.2 Å². The normalized spacial score (nSPS) is 39.8. The van der Waals surface area contributed by atoms with E-state index in [0.717, 1.165) is 25.7 Å². The van der Waals surface area contributed by atoms with Gasteiger partial charge >= 0.3 is 0 Å². The number of benzene rings is 1. The van der Waals surface area contributed by atoms with Crippen molar-refractivity contribution in [3.8, 4) is 0 Å². The Labute approximate surface area is 114 Å². The molecule has 0 amide bonds. The fourth-order valence-corrected chi connectivity index (χ4v) is 3.92. The smallest absolute Gasteiger partial charge is 0.108 e. The number of likely N-dealkylation sites (tertiary alicyclic amines) is 1. The molecule has 1 saturated heterocycles. The van der Waals surface area contributed by atoms with Gasteiger partial charge in [0, 0.05) is 12.1 Å². The highest BCUT2D eigenvalue weighted by Gasteiger charge is 2.54. The molecule has 2 fully saturated rings. The lowest BCUT2D eigenvalue weighted by Gasteiger charge is -2.34. The van der Waals surface area contributed by atoms with Gasteiger partial charge in [-0.1, -0.05) is 43.2 Å². The highest BCUT2D eigenvalue weighted by molar-refractivity contribution is 5.23. The van der Waals surface area contributed by atoms with Crippen molar-refractivity contribution in [2.45, 2.75) is 55.9 Å². The minimum Gasteiger partial charge on any atom is -0.390 e. The minimum atomic E-state index is -0.939. The van der Waals surface area contributed by atoms with Crippen LogP contribution >= 0.6 is 0 Å². The Balaban J connectivity index is 1.92. The van der Waals surface area contributed by atoms with E-state index >= 15 is 0 Å². The number of hydrogen-bond donors (Lipinski definition) is 2. The van der Waals surface area contributed by atoms with Crippen molar-refractivity contribution in [1.82, 2.24) is 4.90 Å². The standard InChI is InChI=1S/C16H23NO2/c1-17-13(12-7-3-2-4-8-12)11-16(19)14(17)9-5-6-10-15(16)18/h2-4,7-8,13-15,18-19H,5-6,9-11H2,1H3/t13-,14+,15+,16+/m0/s1. The number of fused-ring (bicyclic) bond motifs is 1. The number of rotatable bonds is 1. The van der Waals surface area contributed by atoms with Gasteiger partial charge in [0.1, 0.15) is 5.60 Å². The molecule has 1 aliphatic heterocycles. The zero-order chi connectivity index (χ0) is 13.5. The summed E-state index contributed by atoms with van der Waals surface area (Å²) in [5.74, 6) is 0. The number of hydrogen-bond acceptors (Lipinski definition) is 3.